The summed E-state index contributed by atoms with van der Waals surface area (Å²) >= 11 is 0. The molecule has 0 amide bonds. The van der Waals surface area contributed by atoms with E-state index in [0.717, 1.165) is 12.1 Å². The van der Waals surface area contributed by atoms with Crippen molar-refractivity contribution in [1.82, 2.24) is 0 Å². The molecule has 0 aliphatic carbocycles. The van der Waals surface area contributed by atoms with Gasteiger partial charge in [-0.25, -0.2) is 8.78 Å². The molecule has 1 rings (SSSR count). The first kappa shape index (κ1) is 12.7. The largest absolute Gasteiger partial charge is 0.416 e. The molecule has 0 bridgehead atoms. The molecule has 0 spiro atoms. The first-order chi connectivity index (χ1) is 7.30. The SMILES string of the molecule is Cc1ccc(C(F)(F)F)cc1NCC(F)F. The summed E-state index contributed by atoms with van der Waals surface area (Å²) in [6, 6.07) is 3.00. The summed E-state index contributed by atoms with van der Waals surface area (Å²) in [6.07, 6.45) is -7.07. The molecule has 0 heterocycles. The van der Waals surface area contributed by atoms with Crippen LogP contribution in [0.4, 0.5) is 27.6 Å². The van der Waals surface area contributed by atoms with Crippen LogP contribution in [0.5, 0.6) is 0 Å². The lowest BCUT2D eigenvalue weighted by atomic mass is 10.1. The van der Waals surface area contributed by atoms with Crippen molar-refractivity contribution >= 4 is 5.69 Å². The molecule has 1 nitrogen and oxygen atoms in total. The molecule has 0 radical (unpaired) electrons. The Morgan fingerprint density at radius 2 is 1.88 bits per heavy atom. The Hall–Kier alpha value is -1.33. The number of anilines is 1. The quantitative estimate of drug-likeness (QED) is 0.793. The molecule has 0 aliphatic heterocycles. The molecule has 1 aromatic rings. The Morgan fingerprint density at radius 1 is 1.25 bits per heavy atom. The van der Waals surface area contributed by atoms with Crippen LogP contribution in [0.1, 0.15) is 11.1 Å². The molecule has 16 heavy (non-hydrogen) atoms. The fraction of sp³-hybridized carbons (Fsp3) is 0.400. The van der Waals surface area contributed by atoms with Gasteiger partial charge in [-0.05, 0) is 24.6 Å². The van der Waals surface area contributed by atoms with E-state index in [1.54, 1.807) is 6.92 Å². The van der Waals surface area contributed by atoms with Gasteiger partial charge in [0.25, 0.3) is 6.43 Å². The minimum atomic E-state index is -4.46. The minimum absolute atomic E-state index is 0.0788. The lowest BCUT2D eigenvalue weighted by Crippen LogP contribution is -2.12. The van der Waals surface area contributed by atoms with Gasteiger partial charge in [0.2, 0.25) is 0 Å². The summed E-state index contributed by atoms with van der Waals surface area (Å²) in [4.78, 5) is 0. The Morgan fingerprint density at radius 3 is 2.38 bits per heavy atom. The second-order valence-corrected chi connectivity index (χ2v) is 3.30. The van der Waals surface area contributed by atoms with Gasteiger partial charge in [0.1, 0.15) is 0 Å². The van der Waals surface area contributed by atoms with Gasteiger partial charge in [-0.3, -0.25) is 0 Å². The van der Waals surface area contributed by atoms with E-state index < -0.39 is 24.7 Å². The van der Waals surface area contributed by atoms with Crippen molar-refractivity contribution in [2.75, 3.05) is 11.9 Å². The molecule has 90 valence electrons. The Kier molecular flexibility index (Phi) is 3.72. The summed E-state index contributed by atoms with van der Waals surface area (Å²) in [5, 5.41) is 2.27. The number of rotatable bonds is 3. The van der Waals surface area contributed by atoms with Gasteiger partial charge in [0, 0.05) is 5.69 Å². The maximum Gasteiger partial charge on any atom is 0.416 e. The number of alkyl halides is 5. The van der Waals surface area contributed by atoms with E-state index in [1.165, 1.54) is 6.07 Å². The number of benzene rings is 1. The lowest BCUT2D eigenvalue weighted by molar-refractivity contribution is -0.137. The molecule has 0 aromatic heterocycles. The molecule has 0 saturated carbocycles. The van der Waals surface area contributed by atoms with Crippen LogP contribution in [0.15, 0.2) is 18.2 Å². The Bertz CT molecular complexity index is 359. The van der Waals surface area contributed by atoms with Crippen molar-refractivity contribution in [2.24, 2.45) is 0 Å². The molecule has 1 aromatic carbocycles. The summed E-state index contributed by atoms with van der Waals surface area (Å²) in [7, 11) is 0. The maximum atomic E-state index is 12.3. The van der Waals surface area contributed by atoms with Gasteiger partial charge in [-0.15, -0.1) is 0 Å². The molecule has 1 N–H and O–H groups in total. The third-order valence-electron chi connectivity index (χ3n) is 2.01. The average molecular weight is 239 g/mol. The molecule has 0 fully saturated rings. The van der Waals surface area contributed by atoms with Crippen LogP contribution in [0.25, 0.3) is 0 Å². The van der Waals surface area contributed by atoms with Crippen LogP contribution in [-0.2, 0) is 6.18 Å². The molecular weight excluding hydrogens is 229 g/mol. The van der Waals surface area contributed by atoms with E-state index >= 15 is 0 Å². The highest BCUT2D eigenvalue weighted by Crippen LogP contribution is 2.31. The number of aryl methyl sites for hydroxylation is 1. The van der Waals surface area contributed by atoms with E-state index in [9.17, 15) is 22.0 Å². The van der Waals surface area contributed by atoms with E-state index in [1.807, 2.05) is 0 Å². The Labute approximate surface area is 89.3 Å². The Balaban J connectivity index is 2.91. The highest BCUT2D eigenvalue weighted by Gasteiger charge is 2.30. The van der Waals surface area contributed by atoms with Crippen LogP contribution in [-0.4, -0.2) is 13.0 Å². The van der Waals surface area contributed by atoms with E-state index in [0.29, 0.717) is 5.56 Å². The van der Waals surface area contributed by atoms with Crippen LogP contribution >= 0.6 is 0 Å². The predicted molar refractivity (Wildman–Crippen MR) is 50.7 cm³/mol. The maximum absolute atomic E-state index is 12.3. The van der Waals surface area contributed by atoms with Gasteiger partial charge in [0.05, 0.1) is 12.1 Å². The predicted octanol–water partition coefficient (Wildman–Crippen LogP) is 3.69. The summed E-state index contributed by atoms with van der Waals surface area (Å²) in [5.41, 5.74) is -0.279. The highest BCUT2D eigenvalue weighted by atomic mass is 19.4. The fourth-order valence-electron chi connectivity index (χ4n) is 1.18. The number of hydrogen-bond acceptors (Lipinski definition) is 1. The van der Waals surface area contributed by atoms with Crippen molar-refractivity contribution in [3.63, 3.8) is 0 Å². The lowest BCUT2D eigenvalue weighted by Gasteiger charge is -2.12. The third kappa shape index (κ3) is 3.36. The molecule has 6 heteroatoms. The number of nitrogens with one attached hydrogen (secondary N) is 1. The molecule has 0 saturated heterocycles. The van der Waals surface area contributed by atoms with Crippen LogP contribution in [0.2, 0.25) is 0 Å². The van der Waals surface area contributed by atoms with Crippen molar-refractivity contribution in [3.05, 3.63) is 29.3 Å². The second-order valence-electron chi connectivity index (χ2n) is 3.30. The van der Waals surface area contributed by atoms with Gasteiger partial charge < -0.3 is 5.32 Å². The number of hydrogen-bond donors (Lipinski definition) is 1. The summed E-state index contributed by atoms with van der Waals surface area (Å²) in [5.74, 6) is 0. The average Bonchev–Trinajstić information content (AvgIpc) is 2.14. The van der Waals surface area contributed by atoms with Gasteiger partial charge in [-0.1, -0.05) is 6.07 Å². The van der Waals surface area contributed by atoms with Crippen molar-refractivity contribution in [1.29, 1.82) is 0 Å². The standard InChI is InChI=1S/C10H10F5N/c1-6-2-3-7(10(13,14)15)4-8(6)16-5-9(11)12/h2-4,9,16H,5H2,1H3. The number of halogens is 5. The van der Waals surface area contributed by atoms with Crippen LogP contribution in [0.3, 0.4) is 0 Å². The molecule has 0 aliphatic rings. The zero-order valence-corrected chi connectivity index (χ0v) is 8.41. The topological polar surface area (TPSA) is 12.0 Å². The smallest absolute Gasteiger partial charge is 0.379 e. The van der Waals surface area contributed by atoms with Gasteiger partial charge in [0.15, 0.2) is 0 Å². The normalized spacial score (nSPS) is 11.9. The zero-order chi connectivity index (χ0) is 12.3. The molecule has 0 atom stereocenters. The monoisotopic (exact) mass is 239 g/mol. The van der Waals surface area contributed by atoms with Crippen LogP contribution in [0, 0.1) is 6.92 Å². The molecule has 0 unspecified atom stereocenters. The first-order valence-corrected chi connectivity index (χ1v) is 4.50. The van der Waals surface area contributed by atoms with Crippen molar-refractivity contribution < 1.29 is 22.0 Å². The summed E-state index contributed by atoms with van der Waals surface area (Å²) < 4.78 is 60.8. The van der Waals surface area contributed by atoms with E-state index in [2.05, 4.69) is 5.32 Å². The van der Waals surface area contributed by atoms with Crippen LogP contribution < -0.4 is 5.32 Å². The van der Waals surface area contributed by atoms with Gasteiger partial charge >= 0.3 is 6.18 Å². The first-order valence-electron chi connectivity index (χ1n) is 4.50. The van der Waals surface area contributed by atoms with Crippen molar-refractivity contribution in [3.8, 4) is 0 Å². The fourth-order valence-corrected chi connectivity index (χ4v) is 1.18. The van der Waals surface area contributed by atoms with Gasteiger partial charge in [-0.2, -0.15) is 13.2 Å². The zero-order valence-electron chi connectivity index (χ0n) is 8.41. The third-order valence-corrected chi connectivity index (χ3v) is 2.01. The highest BCUT2D eigenvalue weighted by molar-refractivity contribution is 5.53. The second kappa shape index (κ2) is 4.67. The van der Waals surface area contributed by atoms with E-state index in [-0.39, 0.29) is 5.69 Å². The van der Waals surface area contributed by atoms with E-state index in [4.69, 9.17) is 0 Å². The molecular formula is C10H10F5N. The van der Waals surface area contributed by atoms with Crippen molar-refractivity contribution in [2.45, 2.75) is 19.5 Å². The summed E-state index contributed by atoms with van der Waals surface area (Å²) in [6.45, 7) is 0.885. The minimum Gasteiger partial charge on any atom is -0.379 e.